The number of benzene rings is 1. The molecule has 0 aliphatic heterocycles. The van der Waals surface area contributed by atoms with Gasteiger partial charge in [0.2, 0.25) is 0 Å². The van der Waals surface area contributed by atoms with Gasteiger partial charge in [-0.3, -0.25) is 0 Å². The normalized spacial score (nSPS) is 18.7. The molecule has 1 fully saturated rings. The summed E-state index contributed by atoms with van der Waals surface area (Å²) in [6.45, 7) is 18.3. The van der Waals surface area contributed by atoms with Crippen LogP contribution in [0.1, 0.15) is 112 Å². The van der Waals surface area contributed by atoms with Gasteiger partial charge in [0.05, 0.1) is 6.10 Å². The van der Waals surface area contributed by atoms with E-state index in [1.807, 2.05) is 0 Å². The molecule has 29 heavy (non-hydrogen) atoms. The molecule has 1 aromatic rings. The predicted molar refractivity (Wildman–Crippen MR) is 125 cm³/mol. The molecule has 1 saturated carbocycles. The summed E-state index contributed by atoms with van der Waals surface area (Å²) >= 11 is 0. The molecule has 2 heteroatoms. The van der Waals surface area contributed by atoms with E-state index < -0.39 is 0 Å². The van der Waals surface area contributed by atoms with E-state index in [9.17, 15) is 0 Å². The Morgan fingerprint density at radius 1 is 0.897 bits per heavy atom. The van der Waals surface area contributed by atoms with Crippen LogP contribution in [0, 0.1) is 16.7 Å². The molecule has 0 radical (unpaired) electrons. The minimum absolute atomic E-state index is 0.142. The van der Waals surface area contributed by atoms with E-state index in [0.29, 0.717) is 11.3 Å². The van der Waals surface area contributed by atoms with Crippen LogP contribution >= 0.6 is 0 Å². The molecule has 166 valence electrons. The first-order valence-electron chi connectivity index (χ1n) is 11.9. The van der Waals surface area contributed by atoms with Crippen LogP contribution in [0.3, 0.4) is 0 Å². The van der Waals surface area contributed by atoms with E-state index in [1.54, 1.807) is 0 Å². The van der Waals surface area contributed by atoms with Gasteiger partial charge in [0.1, 0.15) is 5.75 Å². The third-order valence-electron chi connectivity index (χ3n) is 6.09. The SMILES string of the molecule is CC(C)OC(CC1CCCCC1)Oc1ccc(C(CC(C)(C)C)C(C)(C)C)cc1. The Morgan fingerprint density at radius 3 is 1.97 bits per heavy atom. The van der Waals surface area contributed by atoms with Crippen LogP contribution in [0.5, 0.6) is 5.75 Å². The Bertz CT molecular complexity index is 582. The molecule has 0 aromatic heterocycles. The van der Waals surface area contributed by atoms with Crippen molar-refractivity contribution in [3.8, 4) is 5.75 Å². The van der Waals surface area contributed by atoms with E-state index in [1.165, 1.54) is 44.1 Å². The lowest BCUT2D eigenvalue weighted by Crippen LogP contribution is -2.28. The number of rotatable bonds is 8. The van der Waals surface area contributed by atoms with Crippen LogP contribution in [0.4, 0.5) is 0 Å². The van der Waals surface area contributed by atoms with Crippen LogP contribution < -0.4 is 4.74 Å². The fourth-order valence-electron chi connectivity index (χ4n) is 4.60. The molecule has 2 unspecified atom stereocenters. The summed E-state index contributed by atoms with van der Waals surface area (Å²) in [5.41, 5.74) is 1.96. The molecule has 0 bridgehead atoms. The minimum atomic E-state index is -0.142. The van der Waals surface area contributed by atoms with Crippen molar-refractivity contribution in [2.24, 2.45) is 16.7 Å². The van der Waals surface area contributed by atoms with Crippen LogP contribution in [0.15, 0.2) is 24.3 Å². The number of hydrogen-bond acceptors (Lipinski definition) is 2. The van der Waals surface area contributed by atoms with Gasteiger partial charge < -0.3 is 9.47 Å². The molecule has 0 spiro atoms. The summed E-state index contributed by atoms with van der Waals surface area (Å²) in [4.78, 5) is 0. The molecule has 1 aromatic carbocycles. The molecule has 2 atom stereocenters. The van der Waals surface area contributed by atoms with Crippen molar-refractivity contribution in [1.82, 2.24) is 0 Å². The van der Waals surface area contributed by atoms with Crippen LogP contribution in [0.25, 0.3) is 0 Å². The summed E-state index contributed by atoms with van der Waals surface area (Å²) in [6.07, 6.45) is 8.97. The van der Waals surface area contributed by atoms with Gasteiger partial charge in [0, 0.05) is 6.42 Å². The summed E-state index contributed by atoms with van der Waals surface area (Å²) < 4.78 is 12.5. The Labute approximate surface area is 180 Å². The molecule has 0 heterocycles. The third-order valence-corrected chi connectivity index (χ3v) is 6.09. The topological polar surface area (TPSA) is 18.5 Å². The first-order valence-corrected chi connectivity index (χ1v) is 11.9. The first-order chi connectivity index (χ1) is 13.4. The largest absolute Gasteiger partial charge is 0.465 e. The van der Waals surface area contributed by atoms with Gasteiger partial charge in [-0.2, -0.15) is 0 Å². The highest BCUT2D eigenvalue weighted by Gasteiger charge is 2.30. The second-order valence-electron chi connectivity index (χ2n) is 11.7. The molecular formula is C27H46O2. The number of hydrogen-bond donors (Lipinski definition) is 0. The molecule has 1 aliphatic rings. The lowest BCUT2D eigenvalue weighted by Gasteiger charge is -2.36. The Hall–Kier alpha value is -1.02. The van der Waals surface area contributed by atoms with Crippen molar-refractivity contribution in [3.63, 3.8) is 0 Å². The van der Waals surface area contributed by atoms with Gasteiger partial charge in [-0.25, -0.2) is 0 Å². The van der Waals surface area contributed by atoms with Crippen molar-refractivity contribution in [2.75, 3.05) is 0 Å². The Kier molecular flexibility index (Phi) is 8.64. The lowest BCUT2D eigenvalue weighted by atomic mass is 9.69. The van der Waals surface area contributed by atoms with Crippen LogP contribution in [-0.4, -0.2) is 12.4 Å². The average molecular weight is 403 g/mol. The quantitative estimate of drug-likeness (QED) is 0.407. The van der Waals surface area contributed by atoms with Crippen molar-refractivity contribution < 1.29 is 9.47 Å². The maximum Gasteiger partial charge on any atom is 0.200 e. The average Bonchev–Trinajstić information content (AvgIpc) is 2.59. The molecular weight excluding hydrogens is 356 g/mol. The first kappa shape index (κ1) is 24.3. The molecule has 1 aliphatic carbocycles. The molecule has 0 amide bonds. The smallest absolute Gasteiger partial charge is 0.200 e. The maximum absolute atomic E-state index is 6.33. The molecule has 0 saturated heterocycles. The second kappa shape index (κ2) is 10.3. The molecule has 2 nitrogen and oxygen atoms in total. The third kappa shape index (κ3) is 8.70. The molecule has 0 N–H and O–H groups in total. The van der Waals surface area contributed by atoms with Crippen molar-refractivity contribution in [2.45, 2.75) is 119 Å². The van der Waals surface area contributed by atoms with E-state index in [-0.39, 0.29) is 17.8 Å². The minimum Gasteiger partial charge on any atom is -0.465 e. The molecule has 2 rings (SSSR count). The summed E-state index contributed by atoms with van der Waals surface area (Å²) in [7, 11) is 0. The van der Waals surface area contributed by atoms with Crippen LogP contribution in [-0.2, 0) is 4.74 Å². The highest BCUT2D eigenvalue weighted by Crippen LogP contribution is 2.43. The maximum atomic E-state index is 6.33. The lowest BCUT2D eigenvalue weighted by molar-refractivity contribution is -0.120. The zero-order chi connectivity index (χ0) is 21.7. The van der Waals surface area contributed by atoms with Crippen molar-refractivity contribution in [3.05, 3.63) is 29.8 Å². The summed E-state index contributed by atoms with van der Waals surface area (Å²) in [5, 5.41) is 0. The Balaban J connectivity index is 2.08. The Morgan fingerprint density at radius 2 is 1.48 bits per heavy atom. The standard InChI is InChI=1S/C27H46O2/c1-20(2)28-25(18-21-12-10-9-11-13-21)29-23-16-14-22(15-17-23)24(27(6,7)8)19-26(3,4)5/h14-17,20-21,24-25H,9-13,18-19H2,1-8H3. The fraction of sp³-hybridized carbons (Fsp3) is 0.778. The van der Waals surface area contributed by atoms with Gasteiger partial charge in [0.25, 0.3) is 0 Å². The zero-order valence-corrected chi connectivity index (χ0v) is 20.4. The van der Waals surface area contributed by atoms with Crippen molar-refractivity contribution >= 4 is 0 Å². The summed E-state index contributed by atoms with van der Waals surface area (Å²) in [5.74, 6) is 2.20. The van der Waals surface area contributed by atoms with E-state index in [0.717, 1.165) is 18.1 Å². The van der Waals surface area contributed by atoms with E-state index in [4.69, 9.17) is 9.47 Å². The van der Waals surface area contributed by atoms with E-state index in [2.05, 4.69) is 79.7 Å². The monoisotopic (exact) mass is 402 g/mol. The van der Waals surface area contributed by atoms with Gasteiger partial charge in [-0.1, -0.05) is 85.8 Å². The highest BCUT2D eigenvalue weighted by atomic mass is 16.7. The second-order valence-corrected chi connectivity index (χ2v) is 11.7. The van der Waals surface area contributed by atoms with Gasteiger partial charge in [-0.05, 0) is 60.6 Å². The van der Waals surface area contributed by atoms with Gasteiger partial charge in [0.15, 0.2) is 6.29 Å². The van der Waals surface area contributed by atoms with Gasteiger partial charge in [-0.15, -0.1) is 0 Å². The van der Waals surface area contributed by atoms with Crippen LogP contribution in [0.2, 0.25) is 0 Å². The fourth-order valence-corrected chi connectivity index (χ4v) is 4.60. The highest BCUT2D eigenvalue weighted by molar-refractivity contribution is 5.30. The summed E-state index contributed by atoms with van der Waals surface area (Å²) in [6, 6.07) is 8.83. The zero-order valence-electron chi connectivity index (χ0n) is 20.4. The number of ether oxygens (including phenoxy) is 2. The van der Waals surface area contributed by atoms with E-state index >= 15 is 0 Å². The van der Waals surface area contributed by atoms with Gasteiger partial charge >= 0.3 is 0 Å². The predicted octanol–water partition coefficient (Wildman–Crippen LogP) is 8.35. The van der Waals surface area contributed by atoms with Crippen molar-refractivity contribution in [1.29, 1.82) is 0 Å².